The normalized spacial score (nSPS) is 9.95. The Morgan fingerprint density at radius 1 is 1.16 bits per heavy atom. The minimum absolute atomic E-state index is 0.684. The fourth-order valence-corrected chi connectivity index (χ4v) is 1.90. The highest BCUT2D eigenvalue weighted by atomic mass is 15.2. The van der Waals surface area contributed by atoms with Crippen LogP contribution in [0.25, 0.3) is 0 Å². The summed E-state index contributed by atoms with van der Waals surface area (Å²) in [5.74, 6) is 0.871. The first-order valence-electron chi connectivity index (χ1n) is 6.87. The average Bonchev–Trinajstić information content (AvgIpc) is 2.37. The number of nitrogens with zero attached hydrogens (tertiary/aromatic N) is 2. The number of guanidine groups is 1. The van der Waals surface area contributed by atoms with Gasteiger partial charge in [0.05, 0.1) is 6.54 Å². The van der Waals surface area contributed by atoms with E-state index >= 15 is 0 Å². The molecule has 1 aromatic rings. The Labute approximate surface area is 116 Å². The van der Waals surface area contributed by atoms with Crippen LogP contribution in [0.2, 0.25) is 0 Å². The van der Waals surface area contributed by atoms with E-state index in [4.69, 9.17) is 0 Å². The SMILES string of the molecule is CCNC(=NCc1ccc(C)cc1N(C)C)NCC. The summed E-state index contributed by atoms with van der Waals surface area (Å²) in [4.78, 5) is 6.75. The number of rotatable bonds is 5. The van der Waals surface area contributed by atoms with Crippen molar-refractivity contribution in [3.05, 3.63) is 29.3 Å². The van der Waals surface area contributed by atoms with E-state index in [1.54, 1.807) is 0 Å². The van der Waals surface area contributed by atoms with Gasteiger partial charge in [0.2, 0.25) is 0 Å². The Balaban J connectivity index is 2.88. The van der Waals surface area contributed by atoms with Gasteiger partial charge in [-0.25, -0.2) is 4.99 Å². The Hall–Kier alpha value is -1.71. The van der Waals surface area contributed by atoms with Crippen molar-refractivity contribution in [2.24, 2.45) is 4.99 Å². The molecule has 4 nitrogen and oxygen atoms in total. The Morgan fingerprint density at radius 2 is 1.79 bits per heavy atom. The summed E-state index contributed by atoms with van der Waals surface area (Å²) in [5, 5.41) is 6.48. The highest BCUT2D eigenvalue weighted by Gasteiger charge is 2.05. The molecule has 19 heavy (non-hydrogen) atoms. The molecule has 1 aromatic carbocycles. The monoisotopic (exact) mass is 262 g/mol. The number of benzene rings is 1. The molecule has 0 saturated carbocycles. The van der Waals surface area contributed by atoms with Gasteiger partial charge in [-0.3, -0.25) is 0 Å². The van der Waals surface area contributed by atoms with Crippen LogP contribution in [0.15, 0.2) is 23.2 Å². The molecule has 4 heteroatoms. The molecule has 106 valence electrons. The van der Waals surface area contributed by atoms with E-state index in [2.05, 4.69) is 73.6 Å². The van der Waals surface area contributed by atoms with Gasteiger partial charge >= 0.3 is 0 Å². The molecule has 0 amide bonds. The van der Waals surface area contributed by atoms with E-state index in [1.165, 1.54) is 16.8 Å². The molecule has 0 heterocycles. The van der Waals surface area contributed by atoms with Gasteiger partial charge in [0.15, 0.2) is 5.96 Å². The van der Waals surface area contributed by atoms with E-state index in [0.717, 1.165) is 19.0 Å². The number of hydrogen-bond acceptors (Lipinski definition) is 2. The van der Waals surface area contributed by atoms with Gasteiger partial charge in [-0.1, -0.05) is 12.1 Å². The minimum atomic E-state index is 0.684. The molecule has 0 unspecified atom stereocenters. The van der Waals surface area contributed by atoms with Gasteiger partial charge in [-0.2, -0.15) is 0 Å². The van der Waals surface area contributed by atoms with Gasteiger partial charge in [0, 0.05) is 32.9 Å². The van der Waals surface area contributed by atoms with Gasteiger partial charge in [-0.15, -0.1) is 0 Å². The molecule has 0 aliphatic carbocycles. The zero-order chi connectivity index (χ0) is 14.3. The van der Waals surface area contributed by atoms with Crippen LogP contribution in [0, 0.1) is 6.92 Å². The summed E-state index contributed by atoms with van der Waals surface area (Å²) in [6.07, 6.45) is 0. The van der Waals surface area contributed by atoms with E-state index in [9.17, 15) is 0 Å². The first kappa shape index (κ1) is 15.3. The smallest absolute Gasteiger partial charge is 0.191 e. The Kier molecular flexibility index (Phi) is 6.19. The second kappa shape index (κ2) is 7.67. The lowest BCUT2D eigenvalue weighted by Gasteiger charge is -2.18. The van der Waals surface area contributed by atoms with Crippen LogP contribution >= 0.6 is 0 Å². The summed E-state index contributed by atoms with van der Waals surface area (Å²) in [5.41, 5.74) is 3.75. The number of aliphatic imine (C=N–C) groups is 1. The van der Waals surface area contributed by atoms with Crippen LogP contribution in [0.5, 0.6) is 0 Å². The van der Waals surface area contributed by atoms with Crippen molar-refractivity contribution in [2.45, 2.75) is 27.3 Å². The summed E-state index contributed by atoms with van der Waals surface area (Å²) >= 11 is 0. The zero-order valence-electron chi connectivity index (χ0n) is 12.7. The predicted molar refractivity (Wildman–Crippen MR) is 84.0 cm³/mol. The number of nitrogens with one attached hydrogen (secondary N) is 2. The minimum Gasteiger partial charge on any atom is -0.377 e. The molecule has 0 radical (unpaired) electrons. The summed E-state index contributed by atoms with van der Waals surface area (Å²) in [7, 11) is 4.13. The molecule has 0 spiro atoms. The molecule has 0 aliphatic heterocycles. The Morgan fingerprint density at radius 3 is 2.32 bits per heavy atom. The van der Waals surface area contributed by atoms with Crippen LogP contribution in [-0.4, -0.2) is 33.1 Å². The van der Waals surface area contributed by atoms with Gasteiger partial charge < -0.3 is 15.5 Å². The quantitative estimate of drug-likeness (QED) is 0.631. The molecular formula is C15H26N4. The van der Waals surface area contributed by atoms with Gasteiger partial charge in [0.1, 0.15) is 0 Å². The molecular weight excluding hydrogens is 236 g/mol. The van der Waals surface area contributed by atoms with Crippen LogP contribution in [0.4, 0.5) is 5.69 Å². The maximum absolute atomic E-state index is 4.61. The molecule has 1 rings (SSSR count). The lowest BCUT2D eigenvalue weighted by atomic mass is 10.1. The molecule has 2 N–H and O–H groups in total. The standard InChI is InChI=1S/C15H26N4/c1-6-16-15(17-7-2)18-11-13-9-8-12(3)10-14(13)19(4)5/h8-10H,6-7,11H2,1-5H3,(H2,16,17,18). The van der Waals surface area contributed by atoms with E-state index in [1.807, 2.05) is 0 Å². The van der Waals surface area contributed by atoms with Crippen molar-refractivity contribution in [3.63, 3.8) is 0 Å². The summed E-state index contributed by atoms with van der Waals surface area (Å²) in [6, 6.07) is 6.49. The number of hydrogen-bond donors (Lipinski definition) is 2. The van der Waals surface area contributed by atoms with Crippen molar-refractivity contribution in [1.82, 2.24) is 10.6 Å². The molecule has 0 saturated heterocycles. The second-order valence-electron chi connectivity index (χ2n) is 4.75. The summed E-state index contributed by atoms with van der Waals surface area (Å²) in [6.45, 7) is 8.69. The second-order valence-corrected chi connectivity index (χ2v) is 4.75. The highest BCUT2D eigenvalue weighted by Crippen LogP contribution is 2.21. The molecule has 0 atom stereocenters. The zero-order valence-corrected chi connectivity index (χ0v) is 12.7. The molecule has 0 aliphatic rings. The fraction of sp³-hybridized carbons (Fsp3) is 0.533. The van der Waals surface area contributed by atoms with E-state index in [0.29, 0.717) is 6.54 Å². The van der Waals surface area contributed by atoms with Crippen molar-refractivity contribution < 1.29 is 0 Å². The highest BCUT2D eigenvalue weighted by molar-refractivity contribution is 5.79. The molecule has 0 fully saturated rings. The number of aryl methyl sites for hydroxylation is 1. The van der Waals surface area contributed by atoms with Crippen molar-refractivity contribution in [2.75, 3.05) is 32.1 Å². The largest absolute Gasteiger partial charge is 0.377 e. The van der Waals surface area contributed by atoms with E-state index < -0.39 is 0 Å². The van der Waals surface area contributed by atoms with Crippen LogP contribution in [0.3, 0.4) is 0 Å². The van der Waals surface area contributed by atoms with Crippen molar-refractivity contribution in [3.8, 4) is 0 Å². The Bertz CT molecular complexity index is 416. The summed E-state index contributed by atoms with van der Waals surface area (Å²) < 4.78 is 0. The number of anilines is 1. The maximum atomic E-state index is 4.61. The molecule has 0 aromatic heterocycles. The third-order valence-electron chi connectivity index (χ3n) is 2.82. The van der Waals surface area contributed by atoms with Crippen molar-refractivity contribution >= 4 is 11.6 Å². The van der Waals surface area contributed by atoms with E-state index in [-0.39, 0.29) is 0 Å². The van der Waals surface area contributed by atoms with Crippen molar-refractivity contribution in [1.29, 1.82) is 0 Å². The first-order chi connectivity index (χ1) is 9.08. The third kappa shape index (κ3) is 4.81. The van der Waals surface area contributed by atoms with Crippen LogP contribution in [0.1, 0.15) is 25.0 Å². The fourth-order valence-electron chi connectivity index (χ4n) is 1.90. The van der Waals surface area contributed by atoms with Gasteiger partial charge in [0.25, 0.3) is 0 Å². The topological polar surface area (TPSA) is 39.7 Å². The first-order valence-corrected chi connectivity index (χ1v) is 6.87. The predicted octanol–water partition coefficient (Wildman–Crippen LogP) is 2.14. The lowest BCUT2D eigenvalue weighted by Crippen LogP contribution is -2.37. The lowest BCUT2D eigenvalue weighted by molar-refractivity contribution is 0.838. The van der Waals surface area contributed by atoms with Crippen LogP contribution < -0.4 is 15.5 Å². The third-order valence-corrected chi connectivity index (χ3v) is 2.82. The molecule has 0 bridgehead atoms. The average molecular weight is 262 g/mol. The maximum Gasteiger partial charge on any atom is 0.191 e. The van der Waals surface area contributed by atoms with Crippen LogP contribution in [-0.2, 0) is 6.54 Å². The van der Waals surface area contributed by atoms with Gasteiger partial charge in [-0.05, 0) is 38.0 Å².